The van der Waals surface area contributed by atoms with Crippen molar-refractivity contribution >= 4 is 16.6 Å². The molecule has 18 heavy (non-hydrogen) atoms. The van der Waals surface area contributed by atoms with Crippen LogP contribution >= 0.6 is 0 Å². The lowest BCUT2D eigenvalue weighted by Gasteiger charge is -2.08. The number of anilines is 1. The molecule has 0 aliphatic carbocycles. The van der Waals surface area contributed by atoms with E-state index in [0.29, 0.717) is 0 Å². The summed E-state index contributed by atoms with van der Waals surface area (Å²) in [6.07, 6.45) is 5.36. The van der Waals surface area contributed by atoms with Crippen molar-refractivity contribution in [1.82, 2.24) is 20.0 Å². The van der Waals surface area contributed by atoms with Crippen LogP contribution in [-0.4, -0.2) is 26.5 Å². The molecule has 0 amide bonds. The van der Waals surface area contributed by atoms with Gasteiger partial charge in [0.15, 0.2) is 0 Å². The molecule has 0 aliphatic rings. The van der Waals surface area contributed by atoms with Crippen molar-refractivity contribution in [3.63, 3.8) is 0 Å². The number of aromatic nitrogens is 4. The second-order valence-electron chi connectivity index (χ2n) is 3.97. The van der Waals surface area contributed by atoms with E-state index >= 15 is 0 Å². The Balaban J connectivity index is 1.74. The van der Waals surface area contributed by atoms with E-state index in [1.165, 1.54) is 0 Å². The predicted molar refractivity (Wildman–Crippen MR) is 70.3 cm³/mol. The molecule has 0 unspecified atom stereocenters. The lowest BCUT2D eigenvalue weighted by atomic mass is 10.2. The molecule has 0 aliphatic heterocycles. The van der Waals surface area contributed by atoms with Crippen LogP contribution in [0.4, 0.5) is 5.69 Å². The molecule has 3 aromatic rings. The quantitative estimate of drug-likeness (QED) is 0.756. The number of nitrogens with one attached hydrogen (secondary N) is 1. The summed E-state index contributed by atoms with van der Waals surface area (Å²) in [6.45, 7) is 1.59. The van der Waals surface area contributed by atoms with Crippen LogP contribution in [-0.2, 0) is 6.54 Å². The minimum Gasteiger partial charge on any atom is -0.383 e. The number of fused-ring (bicyclic) bond motifs is 1. The standard InChI is InChI=1S/C13H13N5/c1-2-4-12-11(3-1)13(5-6-14-12)15-7-9-18-10-8-16-17-18/h1-6,8,10H,7,9H2,(H,14,15). The molecule has 0 saturated heterocycles. The number of rotatable bonds is 4. The normalized spacial score (nSPS) is 10.7. The van der Waals surface area contributed by atoms with Gasteiger partial charge in [-0.15, -0.1) is 5.10 Å². The van der Waals surface area contributed by atoms with E-state index in [-0.39, 0.29) is 0 Å². The Morgan fingerprint density at radius 2 is 2.06 bits per heavy atom. The van der Waals surface area contributed by atoms with E-state index in [9.17, 15) is 0 Å². The molecule has 2 heterocycles. The topological polar surface area (TPSA) is 55.6 Å². The Hall–Kier alpha value is -2.43. The Morgan fingerprint density at radius 1 is 1.11 bits per heavy atom. The number of benzene rings is 1. The highest BCUT2D eigenvalue weighted by molar-refractivity contribution is 5.90. The third-order valence-corrected chi connectivity index (χ3v) is 2.78. The number of hydrogen-bond acceptors (Lipinski definition) is 4. The van der Waals surface area contributed by atoms with Crippen molar-refractivity contribution in [2.75, 3.05) is 11.9 Å². The Bertz CT molecular complexity index is 627. The van der Waals surface area contributed by atoms with E-state index in [4.69, 9.17) is 0 Å². The summed E-state index contributed by atoms with van der Waals surface area (Å²) < 4.78 is 1.80. The zero-order valence-electron chi connectivity index (χ0n) is 9.82. The fraction of sp³-hybridized carbons (Fsp3) is 0.154. The van der Waals surface area contributed by atoms with Crippen molar-refractivity contribution in [2.45, 2.75) is 6.54 Å². The first-order valence-corrected chi connectivity index (χ1v) is 5.85. The molecular formula is C13H13N5. The third-order valence-electron chi connectivity index (χ3n) is 2.78. The molecule has 1 aromatic carbocycles. The van der Waals surface area contributed by atoms with Gasteiger partial charge >= 0.3 is 0 Å². The summed E-state index contributed by atoms with van der Waals surface area (Å²) in [7, 11) is 0. The largest absolute Gasteiger partial charge is 0.383 e. The maximum Gasteiger partial charge on any atom is 0.0722 e. The van der Waals surface area contributed by atoms with Crippen LogP contribution in [0.15, 0.2) is 48.9 Å². The summed E-state index contributed by atoms with van der Waals surface area (Å²) in [5.74, 6) is 0. The lowest BCUT2D eigenvalue weighted by Crippen LogP contribution is -2.11. The summed E-state index contributed by atoms with van der Waals surface area (Å²) in [5, 5.41) is 12.2. The minimum atomic E-state index is 0.788. The zero-order valence-corrected chi connectivity index (χ0v) is 9.82. The molecule has 0 bridgehead atoms. The zero-order chi connectivity index (χ0) is 12.2. The Morgan fingerprint density at radius 3 is 2.94 bits per heavy atom. The molecule has 90 valence electrons. The molecule has 0 radical (unpaired) electrons. The van der Waals surface area contributed by atoms with Gasteiger partial charge < -0.3 is 5.32 Å². The second-order valence-corrected chi connectivity index (χ2v) is 3.97. The van der Waals surface area contributed by atoms with Gasteiger partial charge in [0.25, 0.3) is 0 Å². The van der Waals surface area contributed by atoms with Crippen molar-refractivity contribution in [2.24, 2.45) is 0 Å². The average Bonchev–Trinajstić information content (AvgIpc) is 2.92. The molecule has 5 heteroatoms. The van der Waals surface area contributed by atoms with E-state index < -0.39 is 0 Å². The third kappa shape index (κ3) is 2.15. The molecule has 5 nitrogen and oxygen atoms in total. The number of pyridine rings is 1. The highest BCUT2D eigenvalue weighted by Gasteiger charge is 2.00. The van der Waals surface area contributed by atoms with Crippen molar-refractivity contribution in [3.8, 4) is 0 Å². The van der Waals surface area contributed by atoms with Gasteiger partial charge in [0, 0.05) is 30.0 Å². The number of nitrogens with zero attached hydrogens (tertiary/aromatic N) is 4. The van der Waals surface area contributed by atoms with Crippen LogP contribution in [0.5, 0.6) is 0 Å². The summed E-state index contributed by atoms with van der Waals surface area (Å²) >= 11 is 0. The first-order valence-electron chi connectivity index (χ1n) is 5.85. The van der Waals surface area contributed by atoms with Crippen molar-refractivity contribution < 1.29 is 0 Å². The summed E-state index contributed by atoms with van der Waals surface area (Å²) in [5.41, 5.74) is 2.10. The van der Waals surface area contributed by atoms with Crippen LogP contribution in [0, 0.1) is 0 Å². The second kappa shape index (κ2) is 4.83. The van der Waals surface area contributed by atoms with Crippen LogP contribution in [0.25, 0.3) is 10.9 Å². The lowest BCUT2D eigenvalue weighted by molar-refractivity contribution is 0.609. The van der Waals surface area contributed by atoms with Crippen molar-refractivity contribution in [1.29, 1.82) is 0 Å². The van der Waals surface area contributed by atoms with E-state index in [2.05, 4.69) is 26.7 Å². The van der Waals surface area contributed by atoms with Crippen LogP contribution in [0.2, 0.25) is 0 Å². The maximum absolute atomic E-state index is 4.33. The molecule has 0 fully saturated rings. The van der Waals surface area contributed by atoms with Gasteiger partial charge in [0.1, 0.15) is 0 Å². The van der Waals surface area contributed by atoms with Crippen LogP contribution in [0.3, 0.4) is 0 Å². The Labute approximate surface area is 104 Å². The minimum absolute atomic E-state index is 0.788. The highest BCUT2D eigenvalue weighted by Crippen LogP contribution is 2.20. The molecular weight excluding hydrogens is 226 g/mol. The number of para-hydroxylation sites is 1. The smallest absolute Gasteiger partial charge is 0.0722 e. The molecule has 0 saturated carbocycles. The fourth-order valence-corrected chi connectivity index (χ4v) is 1.91. The monoisotopic (exact) mass is 239 g/mol. The molecule has 0 spiro atoms. The Kier molecular flexibility index (Phi) is 2.87. The van der Waals surface area contributed by atoms with Gasteiger partial charge in [0.05, 0.1) is 18.3 Å². The van der Waals surface area contributed by atoms with E-state index in [0.717, 1.165) is 29.7 Å². The average molecular weight is 239 g/mol. The molecule has 1 N–H and O–H groups in total. The van der Waals surface area contributed by atoms with Gasteiger partial charge in [-0.05, 0) is 12.1 Å². The van der Waals surface area contributed by atoms with Gasteiger partial charge in [-0.3, -0.25) is 9.67 Å². The van der Waals surface area contributed by atoms with Crippen LogP contribution < -0.4 is 5.32 Å². The van der Waals surface area contributed by atoms with Gasteiger partial charge in [-0.25, -0.2) is 0 Å². The van der Waals surface area contributed by atoms with Crippen molar-refractivity contribution in [3.05, 3.63) is 48.9 Å². The fourth-order valence-electron chi connectivity index (χ4n) is 1.91. The van der Waals surface area contributed by atoms with Gasteiger partial charge in [-0.2, -0.15) is 0 Å². The first kappa shape index (κ1) is 10.7. The molecule has 0 atom stereocenters. The maximum atomic E-state index is 4.33. The highest BCUT2D eigenvalue weighted by atomic mass is 15.4. The van der Waals surface area contributed by atoms with Crippen LogP contribution in [0.1, 0.15) is 0 Å². The molecule has 3 rings (SSSR count). The van der Waals surface area contributed by atoms with E-state index in [1.54, 1.807) is 10.9 Å². The summed E-state index contributed by atoms with van der Waals surface area (Å²) in [6, 6.07) is 10.1. The van der Waals surface area contributed by atoms with Gasteiger partial charge in [-0.1, -0.05) is 23.4 Å². The first-order chi connectivity index (χ1) is 8.93. The number of hydrogen-bond donors (Lipinski definition) is 1. The summed E-state index contributed by atoms with van der Waals surface area (Å²) in [4.78, 5) is 4.33. The van der Waals surface area contributed by atoms with E-state index in [1.807, 2.05) is 36.7 Å². The van der Waals surface area contributed by atoms with Gasteiger partial charge in [0.2, 0.25) is 0 Å². The SMILES string of the molecule is c1ccc2c(NCCn3ccnn3)ccnc2c1. The molecule has 2 aromatic heterocycles. The predicted octanol–water partition coefficient (Wildman–Crippen LogP) is 1.94.